The standard InChI is InChI=1S/C44H27NOS/c1-2-13-31-28(11-1)12-9-18-32(31)29-23-25-30(26-24-29)45(37-19-10-22-42-44(37)36-17-6-8-21-41(36)47-42)38-27-40-43(34-15-4-3-14-33(34)38)35-16-5-7-20-39(35)46-40/h1-27H. The van der Waals surface area contributed by atoms with Crippen molar-refractivity contribution >= 4 is 92.1 Å². The van der Waals surface area contributed by atoms with Gasteiger partial charge in [0.05, 0.1) is 11.4 Å². The van der Waals surface area contributed by atoms with Crippen LogP contribution in [0.1, 0.15) is 0 Å². The first-order chi connectivity index (χ1) is 23.3. The molecular weight excluding hydrogens is 591 g/mol. The molecule has 2 nitrogen and oxygen atoms in total. The summed E-state index contributed by atoms with van der Waals surface area (Å²) in [5, 5.41) is 9.71. The second-order valence-corrected chi connectivity index (χ2v) is 13.2. The van der Waals surface area contributed by atoms with E-state index < -0.39 is 0 Å². The molecule has 10 aromatic rings. The number of hydrogen-bond donors (Lipinski definition) is 0. The molecule has 0 unspecified atom stereocenters. The summed E-state index contributed by atoms with van der Waals surface area (Å²) in [6.45, 7) is 0. The van der Waals surface area contributed by atoms with Crippen LogP contribution in [0.25, 0.3) is 74.8 Å². The van der Waals surface area contributed by atoms with Crippen LogP contribution >= 0.6 is 11.3 Å². The fraction of sp³-hybridized carbons (Fsp3) is 0. The number of nitrogens with zero attached hydrogens (tertiary/aromatic N) is 1. The summed E-state index contributed by atoms with van der Waals surface area (Å²) in [6.07, 6.45) is 0. The summed E-state index contributed by atoms with van der Waals surface area (Å²) < 4.78 is 9.12. The van der Waals surface area contributed by atoms with Gasteiger partial charge in [0.15, 0.2) is 0 Å². The zero-order chi connectivity index (χ0) is 30.9. The number of thiophene rings is 1. The molecule has 0 fully saturated rings. The van der Waals surface area contributed by atoms with Gasteiger partial charge in [-0.3, -0.25) is 0 Å². The predicted octanol–water partition coefficient (Wildman–Crippen LogP) is 13.4. The van der Waals surface area contributed by atoms with Crippen LogP contribution in [-0.4, -0.2) is 0 Å². The van der Waals surface area contributed by atoms with Gasteiger partial charge in [-0.2, -0.15) is 0 Å². The number of furan rings is 1. The third-order valence-electron chi connectivity index (χ3n) is 9.45. The second-order valence-electron chi connectivity index (χ2n) is 12.1. The Labute approximate surface area is 275 Å². The Bertz CT molecular complexity index is 2800. The summed E-state index contributed by atoms with van der Waals surface area (Å²) >= 11 is 1.85. The van der Waals surface area contributed by atoms with E-state index in [9.17, 15) is 0 Å². The van der Waals surface area contributed by atoms with Gasteiger partial charge in [0.2, 0.25) is 0 Å². The third kappa shape index (κ3) is 4.04. The maximum atomic E-state index is 6.56. The van der Waals surface area contributed by atoms with Crippen LogP contribution in [0.15, 0.2) is 168 Å². The van der Waals surface area contributed by atoms with Gasteiger partial charge in [-0.15, -0.1) is 11.3 Å². The SMILES string of the molecule is c1ccc2c(-c3ccc(N(c4cc5oc6ccccc6c5c5ccccc45)c4cccc5sc6ccccc6c45)cc3)cccc2c1. The van der Waals surface area contributed by atoms with Crippen molar-refractivity contribution in [2.24, 2.45) is 0 Å². The van der Waals surface area contributed by atoms with Gasteiger partial charge in [-0.1, -0.05) is 121 Å². The first-order valence-electron chi connectivity index (χ1n) is 15.9. The van der Waals surface area contributed by atoms with E-state index in [4.69, 9.17) is 4.42 Å². The average Bonchev–Trinajstić information content (AvgIpc) is 3.71. The molecular formula is C44H27NOS. The molecule has 0 N–H and O–H groups in total. The normalized spacial score (nSPS) is 11.8. The van der Waals surface area contributed by atoms with Crippen LogP contribution < -0.4 is 4.90 Å². The quantitative estimate of drug-likeness (QED) is 0.195. The average molecular weight is 618 g/mol. The number of rotatable bonds is 4. The molecule has 0 amide bonds. The summed E-state index contributed by atoms with van der Waals surface area (Å²) in [6, 6.07) is 59.0. The number of para-hydroxylation sites is 1. The summed E-state index contributed by atoms with van der Waals surface area (Å²) in [4.78, 5) is 2.43. The first kappa shape index (κ1) is 26.3. The van der Waals surface area contributed by atoms with E-state index in [1.54, 1.807) is 0 Å². The Morgan fingerprint density at radius 2 is 1.09 bits per heavy atom. The Kier molecular flexibility index (Phi) is 5.78. The van der Waals surface area contributed by atoms with Crippen molar-refractivity contribution < 1.29 is 4.42 Å². The molecule has 220 valence electrons. The zero-order valence-corrected chi connectivity index (χ0v) is 26.2. The van der Waals surface area contributed by atoms with Gasteiger partial charge < -0.3 is 9.32 Å². The van der Waals surface area contributed by atoms with Gasteiger partial charge in [0.25, 0.3) is 0 Å². The van der Waals surface area contributed by atoms with E-state index in [2.05, 4.69) is 163 Å². The molecule has 0 aliphatic heterocycles. The molecule has 0 atom stereocenters. The van der Waals surface area contributed by atoms with E-state index in [-0.39, 0.29) is 0 Å². The van der Waals surface area contributed by atoms with Gasteiger partial charge >= 0.3 is 0 Å². The number of benzene rings is 8. The van der Waals surface area contributed by atoms with Crippen molar-refractivity contribution in [1.29, 1.82) is 0 Å². The molecule has 0 radical (unpaired) electrons. The van der Waals surface area contributed by atoms with E-state index in [0.717, 1.165) is 39.0 Å². The summed E-state index contributed by atoms with van der Waals surface area (Å²) in [5.41, 5.74) is 7.56. The fourth-order valence-corrected chi connectivity index (χ4v) is 8.50. The minimum absolute atomic E-state index is 0.889. The Balaban J connectivity index is 1.27. The molecule has 3 heteroatoms. The molecule has 10 rings (SSSR count). The van der Waals surface area contributed by atoms with Gasteiger partial charge in [0.1, 0.15) is 11.2 Å². The highest BCUT2D eigenvalue weighted by molar-refractivity contribution is 7.26. The van der Waals surface area contributed by atoms with Crippen molar-refractivity contribution in [3.8, 4) is 11.1 Å². The molecule has 0 bridgehead atoms. The maximum absolute atomic E-state index is 6.56. The number of hydrogen-bond acceptors (Lipinski definition) is 3. The molecule has 2 aromatic heterocycles. The molecule has 8 aromatic carbocycles. The molecule has 47 heavy (non-hydrogen) atoms. The van der Waals surface area contributed by atoms with Gasteiger partial charge in [-0.05, 0) is 63.7 Å². The van der Waals surface area contributed by atoms with Crippen LogP contribution in [0.3, 0.4) is 0 Å². The Morgan fingerprint density at radius 3 is 1.96 bits per heavy atom. The van der Waals surface area contributed by atoms with Crippen LogP contribution in [0, 0.1) is 0 Å². The van der Waals surface area contributed by atoms with E-state index in [1.807, 2.05) is 17.4 Å². The zero-order valence-electron chi connectivity index (χ0n) is 25.4. The summed E-state index contributed by atoms with van der Waals surface area (Å²) in [7, 11) is 0. The van der Waals surface area contributed by atoms with Crippen LogP contribution in [-0.2, 0) is 0 Å². The molecule has 0 saturated heterocycles. The van der Waals surface area contributed by atoms with Crippen molar-refractivity contribution in [2.75, 3.05) is 4.90 Å². The van der Waals surface area contributed by atoms with E-state index in [1.165, 1.54) is 52.8 Å². The Morgan fingerprint density at radius 1 is 0.426 bits per heavy atom. The predicted molar refractivity (Wildman–Crippen MR) is 202 cm³/mol. The monoisotopic (exact) mass is 617 g/mol. The summed E-state index contributed by atoms with van der Waals surface area (Å²) in [5.74, 6) is 0. The molecule has 0 spiro atoms. The number of anilines is 3. The lowest BCUT2D eigenvalue weighted by molar-refractivity contribution is 0.669. The van der Waals surface area contributed by atoms with Crippen molar-refractivity contribution in [1.82, 2.24) is 0 Å². The maximum Gasteiger partial charge on any atom is 0.138 e. The van der Waals surface area contributed by atoms with Gasteiger partial charge in [0, 0.05) is 48.1 Å². The third-order valence-corrected chi connectivity index (χ3v) is 10.6. The molecule has 0 saturated carbocycles. The van der Waals surface area contributed by atoms with E-state index >= 15 is 0 Å². The minimum Gasteiger partial charge on any atom is -0.456 e. The smallest absolute Gasteiger partial charge is 0.138 e. The van der Waals surface area contributed by atoms with Crippen molar-refractivity contribution in [2.45, 2.75) is 0 Å². The molecule has 2 heterocycles. The van der Waals surface area contributed by atoms with Crippen LogP contribution in [0.4, 0.5) is 17.1 Å². The minimum atomic E-state index is 0.889. The van der Waals surface area contributed by atoms with Crippen molar-refractivity contribution in [3.63, 3.8) is 0 Å². The second kappa shape index (κ2) is 10.3. The highest BCUT2D eigenvalue weighted by Gasteiger charge is 2.23. The highest BCUT2D eigenvalue weighted by Crippen LogP contribution is 2.48. The Hall–Kier alpha value is -5.90. The van der Waals surface area contributed by atoms with Crippen molar-refractivity contribution in [3.05, 3.63) is 164 Å². The first-order valence-corrected chi connectivity index (χ1v) is 16.7. The van der Waals surface area contributed by atoms with Gasteiger partial charge in [-0.25, -0.2) is 0 Å². The van der Waals surface area contributed by atoms with Crippen LogP contribution in [0.5, 0.6) is 0 Å². The lowest BCUT2D eigenvalue weighted by Gasteiger charge is -2.28. The largest absolute Gasteiger partial charge is 0.456 e. The molecule has 0 aliphatic rings. The number of fused-ring (bicyclic) bond motifs is 9. The fourth-order valence-electron chi connectivity index (χ4n) is 7.37. The lowest BCUT2D eigenvalue weighted by atomic mass is 9.97. The molecule has 0 aliphatic carbocycles. The lowest BCUT2D eigenvalue weighted by Crippen LogP contribution is -2.11. The van der Waals surface area contributed by atoms with Crippen LogP contribution in [0.2, 0.25) is 0 Å². The topological polar surface area (TPSA) is 16.4 Å². The van der Waals surface area contributed by atoms with E-state index in [0.29, 0.717) is 0 Å². The highest BCUT2D eigenvalue weighted by atomic mass is 32.1.